The summed E-state index contributed by atoms with van der Waals surface area (Å²) < 4.78 is 18.1. The van der Waals surface area contributed by atoms with Crippen LogP contribution in [0.2, 0.25) is 5.02 Å². The zero-order valence-electron chi connectivity index (χ0n) is 8.95. The summed E-state index contributed by atoms with van der Waals surface area (Å²) in [5.41, 5.74) is 0.627. The lowest BCUT2D eigenvalue weighted by molar-refractivity contribution is 0.377. The molecule has 0 amide bonds. The number of halogens is 3. The molecule has 1 atom stereocenters. The molecule has 0 saturated carbocycles. The summed E-state index contributed by atoms with van der Waals surface area (Å²) in [6, 6.07) is 4.31. The molecule has 6 heteroatoms. The number of hydrogen-bond acceptors (Lipinski definition) is 3. The average Bonchev–Trinajstić information content (AvgIpc) is 2.81. The van der Waals surface area contributed by atoms with Crippen molar-refractivity contribution in [1.29, 1.82) is 0 Å². The minimum atomic E-state index is -0.467. The van der Waals surface area contributed by atoms with Crippen LogP contribution in [0, 0.1) is 5.82 Å². The molecule has 0 N–H and O–H groups in total. The number of hydrogen-bond donors (Lipinski definition) is 0. The van der Waals surface area contributed by atoms with E-state index in [1.165, 1.54) is 12.1 Å². The van der Waals surface area contributed by atoms with Crippen LogP contribution in [0.5, 0.6) is 0 Å². The maximum absolute atomic E-state index is 13.0. The predicted molar refractivity (Wildman–Crippen MR) is 66.7 cm³/mol. The highest BCUT2D eigenvalue weighted by Gasteiger charge is 2.15. The minimum Gasteiger partial charge on any atom is -0.338 e. The van der Waals surface area contributed by atoms with Gasteiger partial charge in [-0.2, -0.15) is 4.98 Å². The lowest BCUT2D eigenvalue weighted by Gasteiger charge is -1.97. The number of aromatic nitrogens is 2. The van der Waals surface area contributed by atoms with Crippen LogP contribution in [-0.2, 0) is 0 Å². The van der Waals surface area contributed by atoms with E-state index >= 15 is 0 Å². The lowest BCUT2D eigenvalue weighted by atomic mass is 10.2. The Labute approximate surface area is 111 Å². The zero-order valence-corrected chi connectivity index (χ0v) is 11.3. The van der Waals surface area contributed by atoms with E-state index in [1.807, 2.05) is 6.92 Å². The molecule has 1 heterocycles. The first-order valence-electron chi connectivity index (χ1n) is 5.05. The topological polar surface area (TPSA) is 38.9 Å². The number of rotatable bonds is 3. The van der Waals surface area contributed by atoms with Gasteiger partial charge >= 0.3 is 0 Å². The summed E-state index contributed by atoms with van der Waals surface area (Å²) in [6.07, 6.45) is 0.839. The summed E-state index contributed by atoms with van der Waals surface area (Å²) in [5, 5.41) is 3.87. The Morgan fingerprint density at radius 3 is 2.94 bits per heavy atom. The maximum atomic E-state index is 13.0. The highest BCUT2D eigenvalue weighted by Crippen LogP contribution is 2.28. The number of alkyl halides is 1. The van der Waals surface area contributed by atoms with E-state index in [2.05, 4.69) is 26.1 Å². The normalized spacial score (nSPS) is 12.7. The van der Waals surface area contributed by atoms with Crippen LogP contribution in [0.4, 0.5) is 4.39 Å². The quantitative estimate of drug-likeness (QED) is 0.788. The van der Waals surface area contributed by atoms with E-state index in [0.717, 1.165) is 6.42 Å². The van der Waals surface area contributed by atoms with Crippen LogP contribution in [0.25, 0.3) is 11.4 Å². The Morgan fingerprint density at radius 1 is 1.53 bits per heavy atom. The van der Waals surface area contributed by atoms with Gasteiger partial charge in [0.05, 0.1) is 9.85 Å². The van der Waals surface area contributed by atoms with Gasteiger partial charge in [-0.25, -0.2) is 4.39 Å². The van der Waals surface area contributed by atoms with Crippen molar-refractivity contribution in [3.05, 3.63) is 34.9 Å². The SMILES string of the molecule is CCC(Br)c1nc(-c2ccc(F)c(Cl)c2)no1. The van der Waals surface area contributed by atoms with E-state index in [9.17, 15) is 4.39 Å². The molecule has 0 saturated heterocycles. The number of nitrogens with zero attached hydrogens (tertiary/aromatic N) is 2. The van der Waals surface area contributed by atoms with Crippen LogP contribution in [0.15, 0.2) is 22.7 Å². The molecular formula is C11H9BrClFN2O. The molecule has 0 radical (unpaired) electrons. The molecule has 0 aliphatic rings. The van der Waals surface area contributed by atoms with Gasteiger partial charge in [-0.05, 0) is 24.6 Å². The van der Waals surface area contributed by atoms with Crippen LogP contribution in [0.3, 0.4) is 0 Å². The second kappa shape index (κ2) is 5.14. The largest absolute Gasteiger partial charge is 0.338 e. The summed E-state index contributed by atoms with van der Waals surface area (Å²) in [7, 11) is 0. The molecule has 90 valence electrons. The molecular weight excluding hydrogens is 310 g/mol. The van der Waals surface area contributed by atoms with Crippen molar-refractivity contribution in [1.82, 2.24) is 10.1 Å². The molecule has 2 aromatic rings. The van der Waals surface area contributed by atoms with Crippen molar-refractivity contribution in [2.45, 2.75) is 18.2 Å². The zero-order chi connectivity index (χ0) is 12.4. The molecule has 1 aromatic carbocycles. The average molecular weight is 320 g/mol. The lowest BCUT2D eigenvalue weighted by Crippen LogP contribution is -1.88. The summed E-state index contributed by atoms with van der Waals surface area (Å²) >= 11 is 9.10. The highest BCUT2D eigenvalue weighted by atomic mass is 79.9. The van der Waals surface area contributed by atoms with Crippen molar-refractivity contribution in [3.63, 3.8) is 0 Å². The Bertz CT molecular complexity index is 532. The summed E-state index contributed by atoms with van der Waals surface area (Å²) in [5.74, 6) is 0.439. The van der Waals surface area contributed by atoms with Crippen molar-refractivity contribution < 1.29 is 8.91 Å². The van der Waals surface area contributed by atoms with E-state index in [4.69, 9.17) is 16.1 Å². The van der Waals surface area contributed by atoms with Crippen LogP contribution >= 0.6 is 27.5 Å². The van der Waals surface area contributed by atoms with Crippen molar-refractivity contribution in [2.24, 2.45) is 0 Å². The highest BCUT2D eigenvalue weighted by molar-refractivity contribution is 9.09. The third kappa shape index (κ3) is 2.66. The molecule has 0 spiro atoms. The van der Waals surface area contributed by atoms with E-state index in [-0.39, 0.29) is 9.85 Å². The Morgan fingerprint density at radius 2 is 2.29 bits per heavy atom. The maximum Gasteiger partial charge on any atom is 0.240 e. The molecule has 0 fully saturated rings. The second-order valence-electron chi connectivity index (χ2n) is 3.46. The van der Waals surface area contributed by atoms with E-state index in [1.54, 1.807) is 6.07 Å². The van der Waals surface area contributed by atoms with Crippen molar-refractivity contribution in [2.75, 3.05) is 0 Å². The summed E-state index contributed by atoms with van der Waals surface area (Å²) in [6.45, 7) is 2.00. The van der Waals surface area contributed by atoms with E-state index in [0.29, 0.717) is 17.3 Å². The Kier molecular flexibility index (Phi) is 3.79. The Hall–Kier alpha value is -0.940. The molecule has 17 heavy (non-hydrogen) atoms. The van der Waals surface area contributed by atoms with Gasteiger partial charge < -0.3 is 4.52 Å². The monoisotopic (exact) mass is 318 g/mol. The standard InChI is InChI=1S/C11H9BrClFN2O/c1-2-7(12)11-15-10(16-17-11)6-3-4-9(14)8(13)5-6/h3-5,7H,2H2,1H3. The molecule has 0 bridgehead atoms. The fraction of sp³-hybridized carbons (Fsp3) is 0.273. The van der Waals surface area contributed by atoms with Gasteiger partial charge in [0.25, 0.3) is 0 Å². The first-order chi connectivity index (χ1) is 8.11. The van der Waals surface area contributed by atoms with Gasteiger partial charge in [-0.1, -0.05) is 39.6 Å². The third-order valence-electron chi connectivity index (χ3n) is 2.25. The smallest absolute Gasteiger partial charge is 0.240 e. The number of benzene rings is 1. The van der Waals surface area contributed by atoms with Gasteiger partial charge in [0.2, 0.25) is 11.7 Å². The van der Waals surface area contributed by atoms with Crippen LogP contribution in [0.1, 0.15) is 24.1 Å². The van der Waals surface area contributed by atoms with Crippen molar-refractivity contribution in [3.8, 4) is 11.4 Å². The van der Waals surface area contributed by atoms with Gasteiger partial charge in [-0.15, -0.1) is 0 Å². The van der Waals surface area contributed by atoms with Gasteiger partial charge in [0, 0.05) is 5.56 Å². The second-order valence-corrected chi connectivity index (χ2v) is 4.97. The fourth-order valence-electron chi connectivity index (χ4n) is 1.29. The first-order valence-corrected chi connectivity index (χ1v) is 6.34. The molecule has 0 aliphatic carbocycles. The molecule has 3 nitrogen and oxygen atoms in total. The van der Waals surface area contributed by atoms with Crippen LogP contribution < -0.4 is 0 Å². The van der Waals surface area contributed by atoms with Gasteiger partial charge in [-0.3, -0.25) is 0 Å². The fourth-order valence-corrected chi connectivity index (χ4v) is 1.66. The predicted octanol–water partition coefficient (Wildman–Crippen LogP) is 4.38. The first kappa shape index (κ1) is 12.5. The van der Waals surface area contributed by atoms with Gasteiger partial charge in [0.15, 0.2) is 0 Å². The molecule has 1 unspecified atom stereocenters. The molecule has 1 aromatic heterocycles. The van der Waals surface area contributed by atoms with Crippen molar-refractivity contribution >= 4 is 27.5 Å². The molecule has 0 aliphatic heterocycles. The minimum absolute atomic E-state index is 0.0275. The Balaban J connectivity index is 2.33. The van der Waals surface area contributed by atoms with E-state index < -0.39 is 5.82 Å². The van der Waals surface area contributed by atoms with Crippen LogP contribution in [-0.4, -0.2) is 10.1 Å². The summed E-state index contributed by atoms with van der Waals surface area (Å²) in [4.78, 5) is 4.24. The third-order valence-corrected chi connectivity index (χ3v) is 3.57. The molecule has 2 rings (SSSR count). The van der Waals surface area contributed by atoms with Gasteiger partial charge in [0.1, 0.15) is 5.82 Å².